The van der Waals surface area contributed by atoms with Gasteiger partial charge in [-0.2, -0.15) is 5.10 Å². The van der Waals surface area contributed by atoms with E-state index in [1.54, 1.807) is 36.5 Å². The molecule has 1 aromatic heterocycles. The molecule has 5 nitrogen and oxygen atoms in total. The molecule has 1 fully saturated rings. The lowest BCUT2D eigenvalue weighted by Gasteiger charge is -2.15. The van der Waals surface area contributed by atoms with E-state index in [0.29, 0.717) is 26.9 Å². The Bertz CT molecular complexity index is 1120. The predicted octanol–water partition coefficient (Wildman–Crippen LogP) is 5.23. The normalized spacial score (nSPS) is 15.7. The van der Waals surface area contributed by atoms with Gasteiger partial charge in [0.15, 0.2) is 5.17 Å². The number of nitrogens with one attached hydrogen (secondary N) is 2. The zero-order valence-corrected chi connectivity index (χ0v) is 16.2. The van der Waals surface area contributed by atoms with Gasteiger partial charge in [-0.25, -0.2) is 4.39 Å². The Morgan fingerprint density at radius 2 is 2.00 bits per heavy atom. The summed E-state index contributed by atoms with van der Waals surface area (Å²) in [6.45, 7) is 1.87. The maximum absolute atomic E-state index is 13.2. The second kappa shape index (κ2) is 7.26. The Hall–Kier alpha value is -2.90. The van der Waals surface area contributed by atoms with Crippen molar-refractivity contribution in [1.29, 1.82) is 5.41 Å². The molecule has 0 spiro atoms. The number of aryl methyl sites for hydroxylation is 1. The lowest BCUT2D eigenvalue weighted by Crippen LogP contribution is -2.28. The zero-order chi connectivity index (χ0) is 19.8. The highest BCUT2D eigenvalue weighted by atomic mass is 35.5. The van der Waals surface area contributed by atoms with Gasteiger partial charge in [0.2, 0.25) is 0 Å². The molecule has 28 heavy (non-hydrogen) atoms. The predicted molar refractivity (Wildman–Crippen MR) is 111 cm³/mol. The number of halogens is 2. The smallest absolute Gasteiger partial charge is 0.271 e. The van der Waals surface area contributed by atoms with Gasteiger partial charge in [0.1, 0.15) is 5.82 Å². The first-order valence-corrected chi connectivity index (χ1v) is 9.51. The molecule has 0 atom stereocenters. The third kappa shape index (κ3) is 3.34. The summed E-state index contributed by atoms with van der Waals surface area (Å²) in [5.74, 6) is -0.633. The Morgan fingerprint density at radius 1 is 1.25 bits per heavy atom. The van der Waals surface area contributed by atoms with Crippen molar-refractivity contribution in [2.75, 3.05) is 4.90 Å². The van der Waals surface area contributed by atoms with Crippen molar-refractivity contribution in [2.24, 2.45) is 0 Å². The number of nitrogens with zero attached hydrogens (tertiary/aromatic N) is 2. The van der Waals surface area contributed by atoms with E-state index in [4.69, 9.17) is 17.0 Å². The minimum Gasteiger partial charge on any atom is -0.278 e. The molecule has 0 radical (unpaired) electrons. The lowest BCUT2D eigenvalue weighted by atomic mass is 10.1. The van der Waals surface area contributed by atoms with Crippen LogP contribution < -0.4 is 4.90 Å². The van der Waals surface area contributed by atoms with Crippen LogP contribution in [0.5, 0.6) is 0 Å². The molecular formula is C20H14ClFN4OS. The van der Waals surface area contributed by atoms with E-state index in [9.17, 15) is 9.18 Å². The molecule has 0 saturated carbocycles. The molecule has 2 heterocycles. The molecule has 0 aliphatic carbocycles. The SMILES string of the molecule is Cc1ccc(N2C(=N)S/C(=C\c3cn[nH]c3-c3ccc(F)cc3)C2=O)cc1Cl. The number of aromatic nitrogens is 2. The molecule has 1 saturated heterocycles. The third-order valence-electron chi connectivity index (χ3n) is 4.33. The molecule has 2 N–H and O–H groups in total. The van der Waals surface area contributed by atoms with E-state index in [-0.39, 0.29) is 16.9 Å². The third-order valence-corrected chi connectivity index (χ3v) is 5.62. The summed E-state index contributed by atoms with van der Waals surface area (Å²) in [6.07, 6.45) is 3.27. The van der Waals surface area contributed by atoms with Crippen molar-refractivity contribution in [3.05, 3.63) is 75.5 Å². The van der Waals surface area contributed by atoms with Crippen LogP contribution in [0.15, 0.2) is 53.6 Å². The maximum atomic E-state index is 13.2. The fourth-order valence-corrected chi connectivity index (χ4v) is 3.86. The van der Waals surface area contributed by atoms with Crippen LogP contribution in [-0.2, 0) is 4.79 Å². The van der Waals surface area contributed by atoms with Crippen LogP contribution in [0.25, 0.3) is 17.3 Å². The Balaban J connectivity index is 1.68. The number of carbonyl (C=O) groups excluding carboxylic acids is 1. The summed E-state index contributed by atoms with van der Waals surface area (Å²) in [4.78, 5) is 14.6. The van der Waals surface area contributed by atoms with Gasteiger partial charge < -0.3 is 0 Å². The van der Waals surface area contributed by atoms with Crippen molar-refractivity contribution in [3.8, 4) is 11.3 Å². The van der Waals surface area contributed by atoms with Crippen LogP contribution in [0, 0.1) is 18.2 Å². The van der Waals surface area contributed by atoms with Crippen LogP contribution in [0.1, 0.15) is 11.1 Å². The van der Waals surface area contributed by atoms with E-state index < -0.39 is 0 Å². The highest BCUT2D eigenvalue weighted by Crippen LogP contribution is 2.37. The van der Waals surface area contributed by atoms with Crippen molar-refractivity contribution < 1.29 is 9.18 Å². The van der Waals surface area contributed by atoms with Gasteiger partial charge in [0, 0.05) is 16.1 Å². The number of benzene rings is 2. The van der Waals surface area contributed by atoms with Gasteiger partial charge in [-0.15, -0.1) is 0 Å². The van der Waals surface area contributed by atoms with Crippen molar-refractivity contribution in [1.82, 2.24) is 10.2 Å². The Morgan fingerprint density at radius 3 is 2.71 bits per heavy atom. The van der Waals surface area contributed by atoms with Gasteiger partial charge in [0.25, 0.3) is 5.91 Å². The number of rotatable bonds is 3. The molecule has 1 aliphatic heterocycles. The lowest BCUT2D eigenvalue weighted by molar-refractivity contribution is -0.113. The summed E-state index contributed by atoms with van der Waals surface area (Å²) < 4.78 is 13.2. The Labute approximate surface area is 169 Å². The number of hydrogen-bond donors (Lipinski definition) is 2. The highest BCUT2D eigenvalue weighted by molar-refractivity contribution is 8.19. The number of carbonyl (C=O) groups is 1. The van der Waals surface area contributed by atoms with Gasteiger partial charge >= 0.3 is 0 Å². The van der Waals surface area contributed by atoms with E-state index in [2.05, 4.69) is 10.2 Å². The van der Waals surface area contributed by atoms with E-state index in [0.717, 1.165) is 22.9 Å². The monoisotopic (exact) mass is 412 g/mol. The van der Waals surface area contributed by atoms with Gasteiger partial charge in [-0.1, -0.05) is 17.7 Å². The first kappa shape index (κ1) is 18.5. The van der Waals surface area contributed by atoms with E-state index in [1.165, 1.54) is 17.0 Å². The zero-order valence-electron chi connectivity index (χ0n) is 14.7. The van der Waals surface area contributed by atoms with Crippen molar-refractivity contribution in [3.63, 3.8) is 0 Å². The quantitative estimate of drug-likeness (QED) is 0.578. The van der Waals surface area contributed by atoms with Crippen LogP contribution in [0.4, 0.5) is 10.1 Å². The number of H-pyrrole nitrogens is 1. The minimum absolute atomic E-state index is 0.1000. The molecule has 1 aliphatic rings. The Kier molecular flexibility index (Phi) is 4.78. The summed E-state index contributed by atoms with van der Waals surface area (Å²) in [6, 6.07) is 11.2. The molecule has 140 valence electrons. The van der Waals surface area contributed by atoms with Crippen LogP contribution in [0.3, 0.4) is 0 Å². The fourth-order valence-electron chi connectivity index (χ4n) is 2.84. The second-order valence-corrected chi connectivity index (χ2v) is 7.63. The summed E-state index contributed by atoms with van der Waals surface area (Å²) in [5.41, 5.74) is 3.54. The minimum atomic E-state index is -0.328. The van der Waals surface area contributed by atoms with Crippen LogP contribution >= 0.6 is 23.4 Å². The molecule has 1 amide bonds. The molecule has 2 aromatic carbocycles. The summed E-state index contributed by atoms with van der Waals surface area (Å²) >= 11 is 7.24. The van der Waals surface area contributed by atoms with Crippen molar-refractivity contribution in [2.45, 2.75) is 6.92 Å². The number of amides is 1. The second-order valence-electron chi connectivity index (χ2n) is 6.20. The maximum Gasteiger partial charge on any atom is 0.271 e. The van der Waals surface area contributed by atoms with Crippen molar-refractivity contribution >= 4 is 46.2 Å². The summed E-state index contributed by atoms with van der Waals surface area (Å²) in [7, 11) is 0. The van der Waals surface area contributed by atoms with E-state index >= 15 is 0 Å². The van der Waals surface area contributed by atoms with Gasteiger partial charge in [-0.05, 0) is 66.7 Å². The number of thioether (sulfide) groups is 1. The molecule has 3 aromatic rings. The van der Waals surface area contributed by atoms with Gasteiger partial charge in [0.05, 0.1) is 22.5 Å². The molecular weight excluding hydrogens is 399 g/mol. The number of anilines is 1. The summed E-state index contributed by atoms with van der Waals surface area (Å²) in [5, 5.41) is 15.8. The largest absolute Gasteiger partial charge is 0.278 e. The molecule has 0 bridgehead atoms. The first-order chi connectivity index (χ1) is 13.4. The molecule has 0 unspecified atom stereocenters. The number of hydrogen-bond acceptors (Lipinski definition) is 4. The fraction of sp³-hybridized carbons (Fsp3) is 0.0500. The molecule has 8 heteroatoms. The molecule has 4 rings (SSSR count). The van der Waals surface area contributed by atoms with E-state index in [1.807, 2.05) is 13.0 Å². The van der Waals surface area contributed by atoms with Gasteiger partial charge in [-0.3, -0.25) is 20.2 Å². The van der Waals surface area contributed by atoms with Crippen LogP contribution in [-0.4, -0.2) is 21.3 Å². The standard InChI is InChI=1S/C20H14ClFN4OS/c1-11-2-7-15(9-16(11)21)26-19(27)17(28-20(26)23)8-13-10-24-25-18(13)12-3-5-14(22)6-4-12/h2-10,23H,1H3,(H,24,25)/b17-8-,23-20?. The first-order valence-electron chi connectivity index (χ1n) is 8.32. The number of aromatic amines is 1. The highest BCUT2D eigenvalue weighted by Gasteiger charge is 2.34. The average Bonchev–Trinajstić information content (AvgIpc) is 3.23. The average molecular weight is 413 g/mol. The number of amidine groups is 1. The van der Waals surface area contributed by atoms with Crippen LogP contribution in [0.2, 0.25) is 5.02 Å². The topological polar surface area (TPSA) is 72.8 Å².